The van der Waals surface area contributed by atoms with Crippen LogP contribution in [-0.4, -0.2) is 84.1 Å². The molecule has 1 fully saturated rings. The average molecular weight is 564 g/mol. The van der Waals surface area contributed by atoms with Gasteiger partial charge in [-0.15, -0.1) is 11.8 Å². The smallest absolute Gasteiger partial charge is 0.229 e. The molecule has 11 nitrogen and oxygen atoms in total. The van der Waals surface area contributed by atoms with Crippen LogP contribution in [0.4, 0.5) is 0 Å². The van der Waals surface area contributed by atoms with E-state index in [2.05, 4.69) is 5.32 Å². The van der Waals surface area contributed by atoms with E-state index in [9.17, 15) is 30.0 Å². The van der Waals surface area contributed by atoms with Crippen molar-refractivity contribution >= 4 is 17.7 Å². The number of aliphatic hydroxyl groups excluding tert-OH is 4. The first kappa shape index (κ1) is 29.1. The quantitative estimate of drug-likeness (QED) is 0.302. The van der Waals surface area contributed by atoms with Gasteiger partial charge in [0.25, 0.3) is 0 Å². The van der Waals surface area contributed by atoms with Crippen LogP contribution < -0.4 is 25.0 Å². The molecule has 0 aromatic heterocycles. The SMILES string of the molecule is COc1c(O[C@@H]2O[C@H](CO)[C@H](O)[C@H](O)[C@H]2O)cc2c(c1OC)-c1ccc(SC)c(=O)cc1[C@@H](NC(C)=O)CC2. The molecule has 212 valence electrons. The number of methoxy groups -OCH3 is 2. The summed E-state index contributed by atoms with van der Waals surface area (Å²) in [6.45, 7) is 0.815. The van der Waals surface area contributed by atoms with Gasteiger partial charge < -0.3 is 44.7 Å². The van der Waals surface area contributed by atoms with E-state index in [4.69, 9.17) is 18.9 Å². The maximum Gasteiger partial charge on any atom is 0.229 e. The molecule has 0 radical (unpaired) electrons. The zero-order valence-electron chi connectivity index (χ0n) is 22.0. The Morgan fingerprint density at radius 3 is 2.44 bits per heavy atom. The minimum Gasteiger partial charge on any atom is -0.492 e. The molecule has 1 aliphatic heterocycles. The van der Waals surface area contributed by atoms with Crippen LogP contribution in [0.3, 0.4) is 0 Å². The fraction of sp³-hybridized carbons (Fsp3) is 0.481. The number of thioether (sulfide) groups is 1. The van der Waals surface area contributed by atoms with Crippen molar-refractivity contribution in [3.8, 4) is 28.4 Å². The van der Waals surface area contributed by atoms with Gasteiger partial charge in [-0.1, -0.05) is 6.07 Å². The second kappa shape index (κ2) is 12.1. The van der Waals surface area contributed by atoms with Gasteiger partial charge in [-0.3, -0.25) is 9.59 Å². The monoisotopic (exact) mass is 563 g/mol. The predicted octanol–water partition coefficient (Wildman–Crippen LogP) is 0.755. The number of hydrogen-bond donors (Lipinski definition) is 5. The van der Waals surface area contributed by atoms with Gasteiger partial charge >= 0.3 is 0 Å². The van der Waals surface area contributed by atoms with E-state index in [1.54, 1.807) is 18.2 Å². The third kappa shape index (κ3) is 5.58. The molecule has 1 aliphatic carbocycles. The molecule has 0 unspecified atom stereocenters. The molecule has 6 atom stereocenters. The zero-order chi connectivity index (χ0) is 28.4. The van der Waals surface area contributed by atoms with E-state index in [-0.39, 0.29) is 22.8 Å². The van der Waals surface area contributed by atoms with E-state index < -0.39 is 43.4 Å². The fourth-order valence-corrected chi connectivity index (χ4v) is 5.55. The maximum atomic E-state index is 13.0. The molecule has 2 aliphatic rings. The Morgan fingerprint density at radius 2 is 1.82 bits per heavy atom. The van der Waals surface area contributed by atoms with E-state index >= 15 is 0 Å². The first-order valence-electron chi connectivity index (χ1n) is 12.4. The number of nitrogens with one attached hydrogen (secondary N) is 1. The lowest BCUT2D eigenvalue weighted by molar-refractivity contribution is -0.277. The summed E-state index contributed by atoms with van der Waals surface area (Å²) in [5.41, 5.74) is 2.55. The van der Waals surface area contributed by atoms with Gasteiger partial charge in [-0.05, 0) is 54.0 Å². The summed E-state index contributed by atoms with van der Waals surface area (Å²) in [6, 6.07) is 6.34. The molecule has 4 rings (SSSR count). The number of carbonyl (C=O) groups excluding carboxylic acids is 1. The van der Waals surface area contributed by atoms with Crippen LogP contribution >= 0.6 is 11.8 Å². The largest absolute Gasteiger partial charge is 0.492 e. The minimum atomic E-state index is -1.62. The Kier molecular flexibility index (Phi) is 9.04. The van der Waals surface area contributed by atoms with Crippen molar-refractivity contribution in [1.29, 1.82) is 0 Å². The van der Waals surface area contributed by atoms with Crippen LogP contribution in [0, 0.1) is 0 Å². The van der Waals surface area contributed by atoms with Crippen molar-refractivity contribution in [1.82, 2.24) is 5.32 Å². The van der Waals surface area contributed by atoms with Crippen molar-refractivity contribution in [3.05, 3.63) is 45.6 Å². The number of rotatable bonds is 7. The molecule has 0 bridgehead atoms. The number of ether oxygens (including phenoxy) is 4. The Bertz CT molecular complexity index is 1290. The van der Waals surface area contributed by atoms with Gasteiger partial charge in [0.15, 0.2) is 16.9 Å². The molecule has 1 heterocycles. The van der Waals surface area contributed by atoms with Crippen molar-refractivity contribution in [3.63, 3.8) is 0 Å². The molecule has 0 spiro atoms. The highest BCUT2D eigenvalue weighted by Gasteiger charge is 2.45. The predicted molar refractivity (Wildman–Crippen MR) is 142 cm³/mol. The van der Waals surface area contributed by atoms with E-state index in [1.165, 1.54) is 32.9 Å². The highest BCUT2D eigenvalue weighted by Crippen LogP contribution is 2.50. The second-order valence-electron chi connectivity index (χ2n) is 9.36. The van der Waals surface area contributed by atoms with Crippen LogP contribution in [0.25, 0.3) is 11.1 Å². The lowest BCUT2D eigenvalue weighted by Crippen LogP contribution is -2.60. The van der Waals surface area contributed by atoms with Gasteiger partial charge in [0, 0.05) is 12.5 Å². The molecule has 1 amide bonds. The highest BCUT2D eigenvalue weighted by atomic mass is 32.2. The summed E-state index contributed by atoms with van der Waals surface area (Å²) >= 11 is 1.32. The normalized spacial score (nSPS) is 26.1. The number of hydrogen-bond acceptors (Lipinski definition) is 11. The summed E-state index contributed by atoms with van der Waals surface area (Å²) in [4.78, 5) is 25.6. The van der Waals surface area contributed by atoms with E-state index in [0.717, 1.165) is 5.56 Å². The number of aryl methyl sites for hydroxylation is 1. The third-order valence-electron chi connectivity index (χ3n) is 6.97. The number of fused-ring (bicyclic) bond motifs is 3. The minimum absolute atomic E-state index is 0.131. The molecular weight excluding hydrogens is 530 g/mol. The topological polar surface area (TPSA) is 164 Å². The molecule has 2 aromatic carbocycles. The van der Waals surface area contributed by atoms with Crippen molar-refractivity contribution < 1.29 is 44.2 Å². The van der Waals surface area contributed by atoms with Crippen molar-refractivity contribution in [2.24, 2.45) is 0 Å². The van der Waals surface area contributed by atoms with Crippen molar-refractivity contribution in [2.45, 2.75) is 61.4 Å². The molecule has 1 saturated heterocycles. The van der Waals surface area contributed by atoms with Crippen LogP contribution in [0.15, 0.2) is 34.0 Å². The van der Waals surface area contributed by atoms with Crippen LogP contribution in [0.2, 0.25) is 0 Å². The van der Waals surface area contributed by atoms with Gasteiger partial charge in [-0.25, -0.2) is 0 Å². The summed E-state index contributed by atoms with van der Waals surface area (Å²) < 4.78 is 23.0. The molecule has 5 N–H and O–H groups in total. The van der Waals surface area contributed by atoms with Gasteiger partial charge in [0.2, 0.25) is 17.9 Å². The maximum absolute atomic E-state index is 13.0. The number of aliphatic hydroxyl groups is 4. The van der Waals surface area contributed by atoms with E-state index in [0.29, 0.717) is 40.2 Å². The number of carbonyl (C=O) groups is 1. The summed E-state index contributed by atoms with van der Waals surface area (Å²) in [5, 5.41) is 43.4. The standard InChI is InChI=1S/C27H33NO10S/c1-12(30)28-16-7-5-13-9-18(37-27-24(34)23(33)22(32)19(11-29)38-27)25(35-2)26(36-3)21(13)14-6-8-20(39-4)17(31)10-15(14)16/h6,8-10,16,19,22-24,27,29,32-34H,5,7,11H2,1-4H3,(H,28,30)/t16-,19+,22-,23-,24+,27+/m0/s1. The van der Waals surface area contributed by atoms with Crippen LogP contribution in [-0.2, 0) is 16.0 Å². The van der Waals surface area contributed by atoms with Crippen LogP contribution in [0.1, 0.15) is 30.5 Å². The van der Waals surface area contributed by atoms with Crippen molar-refractivity contribution in [2.75, 3.05) is 27.1 Å². The Labute approximate surface area is 229 Å². The van der Waals surface area contributed by atoms with Gasteiger partial charge in [-0.2, -0.15) is 0 Å². The Morgan fingerprint density at radius 1 is 1.10 bits per heavy atom. The van der Waals surface area contributed by atoms with E-state index in [1.807, 2.05) is 12.3 Å². The second-order valence-corrected chi connectivity index (χ2v) is 10.2. The molecular formula is C27H33NO10S. The summed E-state index contributed by atoms with van der Waals surface area (Å²) in [6.07, 6.45) is -4.64. The fourth-order valence-electron chi connectivity index (χ4n) is 5.09. The third-order valence-corrected chi connectivity index (χ3v) is 7.75. The highest BCUT2D eigenvalue weighted by molar-refractivity contribution is 7.98. The molecule has 0 saturated carbocycles. The first-order chi connectivity index (χ1) is 18.6. The van der Waals surface area contributed by atoms with Gasteiger partial charge in [0.1, 0.15) is 24.4 Å². The zero-order valence-corrected chi connectivity index (χ0v) is 22.9. The lowest BCUT2D eigenvalue weighted by Gasteiger charge is -2.39. The molecule has 39 heavy (non-hydrogen) atoms. The number of benzene rings is 1. The molecule has 12 heteroatoms. The van der Waals surface area contributed by atoms with Gasteiger partial charge in [0.05, 0.1) is 31.8 Å². The Hall–Kier alpha value is -2.87. The summed E-state index contributed by atoms with van der Waals surface area (Å²) in [5.74, 6) is 0.350. The Balaban J connectivity index is 1.89. The average Bonchev–Trinajstić information content (AvgIpc) is 3.16. The van der Waals surface area contributed by atoms with Crippen LogP contribution in [0.5, 0.6) is 17.2 Å². The summed E-state index contributed by atoms with van der Waals surface area (Å²) in [7, 11) is 2.87. The number of amides is 1. The molecule has 2 aromatic rings. The first-order valence-corrected chi connectivity index (χ1v) is 13.6. The lowest BCUT2D eigenvalue weighted by atomic mass is 9.95.